The van der Waals surface area contributed by atoms with Crippen LogP contribution in [0.25, 0.3) is 5.52 Å². The van der Waals surface area contributed by atoms with Gasteiger partial charge in [-0.25, -0.2) is 9.50 Å². The zero-order valence-electron chi connectivity index (χ0n) is 16.6. The van der Waals surface area contributed by atoms with Gasteiger partial charge in [-0.15, -0.1) is 10.2 Å². The zero-order valence-corrected chi connectivity index (χ0v) is 16.6. The van der Waals surface area contributed by atoms with Gasteiger partial charge in [-0.2, -0.15) is 5.10 Å². The molecule has 152 valence electrons. The standard InChI is InChI=1S/C21H21N7O2/c1-12-4-3-8-28-16(12)10-15(26-28)18-17-14(22-11-23-17)7-9-27(18)21(29)20-25-24-19(30-20)13-5-2-6-13/h3-4,8,10-11,13,18H,2,5-7,9H2,1H3,(H,22,23)/t18-/m0/s1. The predicted octanol–water partition coefficient (Wildman–Crippen LogP) is 2.80. The smallest absolute Gasteiger partial charge is 0.312 e. The lowest BCUT2D eigenvalue weighted by Crippen LogP contribution is -2.41. The van der Waals surface area contributed by atoms with E-state index in [1.165, 1.54) is 6.42 Å². The molecule has 30 heavy (non-hydrogen) atoms. The molecule has 4 aromatic rings. The van der Waals surface area contributed by atoms with Crippen molar-refractivity contribution < 1.29 is 9.21 Å². The number of amides is 1. The maximum atomic E-state index is 13.4. The van der Waals surface area contributed by atoms with E-state index < -0.39 is 6.04 Å². The summed E-state index contributed by atoms with van der Waals surface area (Å²) < 4.78 is 7.61. The van der Waals surface area contributed by atoms with Gasteiger partial charge in [-0.05, 0) is 37.5 Å². The molecule has 9 nitrogen and oxygen atoms in total. The first kappa shape index (κ1) is 17.4. The van der Waals surface area contributed by atoms with E-state index in [4.69, 9.17) is 9.52 Å². The average Bonchev–Trinajstić information content (AvgIpc) is 3.44. The van der Waals surface area contributed by atoms with Crippen molar-refractivity contribution in [2.24, 2.45) is 0 Å². The van der Waals surface area contributed by atoms with Crippen molar-refractivity contribution >= 4 is 11.4 Å². The highest BCUT2D eigenvalue weighted by Crippen LogP contribution is 2.37. The van der Waals surface area contributed by atoms with E-state index in [1.807, 2.05) is 35.8 Å². The lowest BCUT2D eigenvalue weighted by atomic mass is 9.85. The van der Waals surface area contributed by atoms with Gasteiger partial charge < -0.3 is 14.3 Å². The number of hydrogen-bond acceptors (Lipinski definition) is 6. The van der Waals surface area contributed by atoms with E-state index in [2.05, 4.69) is 20.2 Å². The second-order valence-corrected chi connectivity index (χ2v) is 8.08. The Bertz CT molecular complexity index is 1250. The average molecular weight is 403 g/mol. The van der Waals surface area contributed by atoms with Crippen LogP contribution in [0.5, 0.6) is 0 Å². The molecule has 2 aliphatic rings. The fourth-order valence-electron chi connectivity index (χ4n) is 4.37. The van der Waals surface area contributed by atoms with Crippen molar-refractivity contribution in [3.05, 3.63) is 65.1 Å². The van der Waals surface area contributed by atoms with Crippen LogP contribution in [0, 0.1) is 6.92 Å². The molecular weight excluding hydrogens is 382 g/mol. The monoisotopic (exact) mass is 403 g/mol. The fraction of sp³-hybridized carbons (Fsp3) is 0.381. The molecule has 1 amide bonds. The normalized spacial score (nSPS) is 19.1. The van der Waals surface area contributed by atoms with E-state index in [1.54, 1.807) is 11.2 Å². The van der Waals surface area contributed by atoms with E-state index in [-0.39, 0.29) is 17.7 Å². The van der Waals surface area contributed by atoms with Gasteiger partial charge in [0, 0.05) is 30.8 Å². The highest BCUT2D eigenvalue weighted by molar-refractivity contribution is 5.90. The van der Waals surface area contributed by atoms with E-state index >= 15 is 0 Å². The molecule has 0 saturated heterocycles. The minimum absolute atomic E-state index is 0.0424. The van der Waals surface area contributed by atoms with Crippen LogP contribution in [-0.2, 0) is 6.42 Å². The minimum atomic E-state index is -0.411. The molecule has 5 heterocycles. The van der Waals surface area contributed by atoms with Gasteiger partial charge in [0.25, 0.3) is 0 Å². The predicted molar refractivity (Wildman–Crippen MR) is 106 cm³/mol. The quantitative estimate of drug-likeness (QED) is 0.564. The molecule has 0 radical (unpaired) electrons. The summed E-state index contributed by atoms with van der Waals surface area (Å²) in [6, 6.07) is 5.62. The third-order valence-electron chi connectivity index (χ3n) is 6.28. The summed E-state index contributed by atoms with van der Waals surface area (Å²) in [4.78, 5) is 22.9. The molecule has 0 spiro atoms. The Hall–Kier alpha value is -3.49. The maximum absolute atomic E-state index is 13.4. The van der Waals surface area contributed by atoms with Gasteiger partial charge in [0.1, 0.15) is 6.04 Å². The fourth-order valence-corrected chi connectivity index (χ4v) is 4.37. The summed E-state index contributed by atoms with van der Waals surface area (Å²) in [6.07, 6.45) is 7.52. The first-order chi connectivity index (χ1) is 14.7. The Morgan fingerprint density at radius 3 is 3.00 bits per heavy atom. The van der Waals surface area contributed by atoms with Crippen LogP contribution in [0.15, 0.2) is 35.1 Å². The summed E-state index contributed by atoms with van der Waals surface area (Å²) in [5, 5.41) is 12.9. The summed E-state index contributed by atoms with van der Waals surface area (Å²) >= 11 is 0. The maximum Gasteiger partial charge on any atom is 0.312 e. The van der Waals surface area contributed by atoms with Crippen molar-refractivity contribution in [2.45, 2.75) is 44.6 Å². The number of aromatic nitrogens is 6. The van der Waals surface area contributed by atoms with Gasteiger partial charge in [-0.3, -0.25) is 4.79 Å². The number of aryl methyl sites for hydroxylation is 1. The number of rotatable bonds is 3. The van der Waals surface area contributed by atoms with Crippen LogP contribution in [0.4, 0.5) is 0 Å². The molecule has 1 atom stereocenters. The van der Waals surface area contributed by atoms with Crippen molar-refractivity contribution in [1.29, 1.82) is 0 Å². The molecular formula is C21H21N7O2. The minimum Gasteiger partial charge on any atom is -0.417 e. The number of imidazole rings is 1. The Kier molecular flexibility index (Phi) is 3.77. The second-order valence-electron chi connectivity index (χ2n) is 8.08. The van der Waals surface area contributed by atoms with E-state index in [0.717, 1.165) is 41.0 Å². The van der Waals surface area contributed by atoms with Crippen molar-refractivity contribution in [3.63, 3.8) is 0 Å². The topological polar surface area (TPSA) is 105 Å². The van der Waals surface area contributed by atoms with Crippen LogP contribution >= 0.6 is 0 Å². The molecule has 0 aromatic carbocycles. The molecule has 1 aliphatic heterocycles. The number of H-pyrrole nitrogens is 1. The van der Waals surface area contributed by atoms with Crippen molar-refractivity contribution in [3.8, 4) is 0 Å². The Morgan fingerprint density at radius 2 is 2.20 bits per heavy atom. The van der Waals surface area contributed by atoms with Crippen LogP contribution < -0.4 is 0 Å². The summed E-state index contributed by atoms with van der Waals surface area (Å²) in [6.45, 7) is 2.57. The van der Waals surface area contributed by atoms with Crippen LogP contribution in [0.2, 0.25) is 0 Å². The number of pyridine rings is 1. The third kappa shape index (κ3) is 2.58. The molecule has 4 aromatic heterocycles. The SMILES string of the molecule is Cc1cccn2nc([C@H]3c4nc[nH]c4CCN3C(=O)c3nnc(C4CCC4)o3)cc12. The lowest BCUT2D eigenvalue weighted by molar-refractivity contribution is 0.0642. The molecule has 0 unspecified atom stereocenters. The van der Waals surface area contributed by atoms with Gasteiger partial charge in [0.05, 0.1) is 23.2 Å². The molecule has 9 heteroatoms. The highest BCUT2D eigenvalue weighted by atomic mass is 16.4. The lowest BCUT2D eigenvalue weighted by Gasteiger charge is -2.32. The van der Waals surface area contributed by atoms with Gasteiger partial charge in [0.15, 0.2) is 0 Å². The Morgan fingerprint density at radius 1 is 1.30 bits per heavy atom. The number of fused-ring (bicyclic) bond motifs is 2. The first-order valence-electron chi connectivity index (χ1n) is 10.3. The second kappa shape index (κ2) is 6.51. The summed E-state index contributed by atoms with van der Waals surface area (Å²) in [5.41, 5.74) is 4.74. The Balaban J connectivity index is 1.41. The number of carbonyl (C=O) groups is 1. The van der Waals surface area contributed by atoms with Crippen molar-refractivity contribution in [1.82, 2.24) is 34.7 Å². The summed E-state index contributed by atoms with van der Waals surface area (Å²) in [7, 11) is 0. The Labute approximate surface area is 172 Å². The molecule has 1 fully saturated rings. The number of carbonyl (C=O) groups excluding carboxylic acids is 1. The largest absolute Gasteiger partial charge is 0.417 e. The van der Waals surface area contributed by atoms with Crippen molar-refractivity contribution in [2.75, 3.05) is 6.54 Å². The van der Waals surface area contributed by atoms with E-state index in [9.17, 15) is 4.79 Å². The van der Waals surface area contributed by atoms with Gasteiger partial charge in [0.2, 0.25) is 5.89 Å². The first-order valence-corrected chi connectivity index (χ1v) is 10.3. The molecule has 1 aliphatic carbocycles. The number of aromatic amines is 1. The molecule has 1 N–H and O–H groups in total. The van der Waals surface area contributed by atoms with Crippen LogP contribution in [-0.4, -0.2) is 47.1 Å². The highest BCUT2D eigenvalue weighted by Gasteiger charge is 2.38. The third-order valence-corrected chi connectivity index (χ3v) is 6.28. The van der Waals surface area contributed by atoms with Gasteiger partial charge in [-0.1, -0.05) is 12.5 Å². The van der Waals surface area contributed by atoms with E-state index in [0.29, 0.717) is 18.9 Å². The number of nitrogens with one attached hydrogen (secondary N) is 1. The van der Waals surface area contributed by atoms with Crippen LogP contribution in [0.3, 0.4) is 0 Å². The number of hydrogen-bond donors (Lipinski definition) is 1. The van der Waals surface area contributed by atoms with Gasteiger partial charge >= 0.3 is 11.8 Å². The number of nitrogens with zero attached hydrogens (tertiary/aromatic N) is 6. The van der Waals surface area contributed by atoms with Crippen LogP contribution in [0.1, 0.15) is 70.4 Å². The molecule has 1 saturated carbocycles. The molecule has 0 bridgehead atoms. The zero-order chi connectivity index (χ0) is 20.2. The summed E-state index contributed by atoms with van der Waals surface area (Å²) in [5.74, 6) is 0.624. The molecule has 6 rings (SSSR count).